The number of ether oxygens (including phenoxy) is 1. The molecule has 2 nitrogen and oxygen atoms in total. The first-order chi connectivity index (χ1) is 10.2. The lowest BCUT2D eigenvalue weighted by Crippen LogP contribution is -2.11. The van der Waals surface area contributed by atoms with E-state index in [1.54, 1.807) is 42.5 Å². The number of carbonyl (C=O) groups excluding carboxylic acids is 1. The zero-order valence-corrected chi connectivity index (χ0v) is 11.3. The molecule has 0 aromatic heterocycles. The molecule has 3 heteroatoms. The Balaban J connectivity index is 1.78. The van der Waals surface area contributed by atoms with Crippen molar-refractivity contribution >= 4 is 16.6 Å². The third-order valence-electron chi connectivity index (χ3n) is 3.25. The van der Waals surface area contributed by atoms with Crippen LogP contribution in [0.25, 0.3) is 10.8 Å². The lowest BCUT2D eigenvalue weighted by atomic mass is 10.1. The van der Waals surface area contributed by atoms with Gasteiger partial charge in [0.25, 0.3) is 0 Å². The van der Waals surface area contributed by atoms with Gasteiger partial charge in [-0.25, -0.2) is 4.39 Å². The average molecular weight is 280 g/mol. The Hall–Kier alpha value is -2.68. The zero-order valence-electron chi connectivity index (χ0n) is 11.3. The van der Waals surface area contributed by atoms with Crippen molar-refractivity contribution in [2.45, 2.75) is 0 Å². The molecule has 0 spiro atoms. The summed E-state index contributed by atoms with van der Waals surface area (Å²) in [5, 5.41) is 1.29. The fraction of sp³-hybridized carbons (Fsp3) is 0.0556. The third-order valence-corrected chi connectivity index (χ3v) is 3.25. The summed E-state index contributed by atoms with van der Waals surface area (Å²) in [4.78, 5) is 11.9. The van der Waals surface area contributed by atoms with E-state index in [0.717, 1.165) is 5.39 Å². The Morgan fingerprint density at radius 3 is 2.48 bits per heavy atom. The average Bonchev–Trinajstić information content (AvgIpc) is 2.53. The molecule has 0 saturated heterocycles. The molecule has 0 amide bonds. The number of halogens is 1. The highest BCUT2D eigenvalue weighted by molar-refractivity contribution is 5.97. The van der Waals surface area contributed by atoms with Gasteiger partial charge in [-0.2, -0.15) is 0 Å². The molecular formula is C18H13FO2. The minimum absolute atomic E-state index is 0.109. The van der Waals surface area contributed by atoms with Gasteiger partial charge in [-0.1, -0.05) is 54.6 Å². The van der Waals surface area contributed by atoms with E-state index in [4.69, 9.17) is 4.74 Å². The van der Waals surface area contributed by atoms with Crippen LogP contribution in [0.5, 0.6) is 5.75 Å². The van der Waals surface area contributed by atoms with Gasteiger partial charge in [0.1, 0.15) is 11.6 Å². The van der Waals surface area contributed by atoms with Gasteiger partial charge in [-0.05, 0) is 11.5 Å². The number of hydrogen-bond donors (Lipinski definition) is 0. The van der Waals surface area contributed by atoms with Crippen molar-refractivity contribution < 1.29 is 13.9 Å². The van der Waals surface area contributed by atoms with Crippen LogP contribution in [-0.4, -0.2) is 12.4 Å². The van der Waals surface area contributed by atoms with Gasteiger partial charge in [0.2, 0.25) is 0 Å². The Bertz CT molecular complexity index is 782. The van der Waals surface area contributed by atoms with E-state index in [0.29, 0.717) is 16.7 Å². The SMILES string of the molecule is O=C(COc1cc(F)c2ccccc2c1)c1ccccc1. The van der Waals surface area contributed by atoms with Crippen LogP contribution in [0.1, 0.15) is 10.4 Å². The summed E-state index contributed by atoms with van der Waals surface area (Å²) >= 11 is 0. The van der Waals surface area contributed by atoms with Crippen molar-refractivity contribution in [2.24, 2.45) is 0 Å². The molecule has 104 valence electrons. The van der Waals surface area contributed by atoms with Gasteiger partial charge < -0.3 is 4.74 Å². The highest BCUT2D eigenvalue weighted by atomic mass is 19.1. The third kappa shape index (κ3) is 2.92. The monoisotopic (exact) mass is 280 g/mol. The van der Waals surface area contributed by atoms with Gasteiger partial charge in [0, 0.05) is 17.0 Å². The number of fused-ring (bicyclic) bond motifs is 1. The van der Waals surface area contributed by atoms with Crippen LogP contribution in [0, 0.1) is 5.82 Å². The summed E-state index contributed by atoms with van der Waals surface area (Å²) in [6.07, 6.45) is 0. The first-order valence-corrected chi connectivity index (χ1v) is 6.63. The van der Waals surface area contributed by atoms with Crippen LogP contribution in [-0.2, 0) is 0 Å². The molecule has 0 aliphatic carbocycles. The molecule has 3 aromatic rings. The first kappa shape index (κ1) is 13.3. The van der Waals surface area contributed by atoms with Crippen LogP contribution in [0.2, 0.25) is 0 Å². The number of benzene rings is 3. The van der Waals surface area contributed by atoms with Crippen LogP contribution < -0.4 is 4.74 Å². The van der Waals surface area contributed by atoms with E-state index in [2.05, 4.69) is 0 Å². The van der Waals surface area contributed by atoms with Crippen LogP contribution in [0.15, 0.2) is 66.7 Å². The maximum Gasteiger partial charge on any atom is 0.200 e. The normalized spacial score (nSPS) is 10.5. The molecule has 21 heavy (non-hydrogen) atoms. The predicted octanol–water partition coefficient (Wildman–Crippen LogP) is 4.24. The molecule has 0 fully saturated rings. The van der Waals surface area contributed by atoms with Gasteiger partial charge in [-0.3, -0.25) is 4.79 Å². The van der Waals surface area contributed by atoms with Gasteiger partial charge in [-0.15, -0.1) is 0 Å². The van der Waals surface area contributed by atoms with Crippen LogP contribution in [0.3, 0.4) is 0 Å². The number of carbonyl (C=O) groups is 1. The predicted molar refractivity (Wildman–Crippen MR) is 80.2 cm³/mol. The lowest BCUT2D eigenvalue weighted by molar-refractivity contribution is 0.0921. The molecule has 0 N–H and O–H groups in total. The molecular weight excluding hydrogens is 267 g/mol. The minimum atomic E-state index is -0.352. The number of ketones is 1. The summed E-state index contributed by atoms with van der Waals surface area (Å²) in [7, 11) is 0. The molecule has 0 radical (unpaired) electrons. The quantitative estimate of drug-likeness (QED) is 0.668. The summed E-state index contributed by atoms with van der Waals surface area (Å²) in [6, 6.07) is 19.1. The molecule has 0 saturated carbocycles. The van der Waals surface area contributed by atoms with Crippen molar-refractivity contribution in [3.05, 3.63) is 78.1 Å². The van der Waals surface area contributed by atoms with E-state index in [-0.39, 0.29) is 18.2 Å². The minimum Gasteiger partial charge on any atom is -0.485 e. The van der Waals surface area contributed by atoms with Crippen LogP contribution in [0.4, 0.5) is 4.39 Å². The highest BCUT2D eigenvalue weighted by Crippen LogP contribution is 2.24. The summed E-state index contributed by atoms with van der Waals surface area (Å²) in [6.45, 7) is -0.109. The second-order valence-electron chi connectivity index (χ2n) is 4.70. The van der Waals surface area contributed by atoms with Crippen molar-refractivity contribution in [3.63, 3.8) is 0 Å². The molecule has 0 unspecified atom stereocenters. The van der Waals surface area contributed by atoms with E-state index in [1.165, 1.54) is 6.07 Å². The van der Waals surface area contributed by atoms with Crippen molar-refractivity contribution in [1.82, 2.24) is 0 Å². The fourth-order valence-electron chi connectivity index (χ4n) is 2.18. The Morgan fingerprint density at radius 2 is 1.67 bits per heavy atom. The second-order valence-corrected chi connectivity index (χ2v) is 4.70. The van der Waals surface area contributed by atoms with E-state index in [1.807, 2.05) is 18.2 Å². The molecule has 0 bridgehead atoms. The van der Waals surface area contributed by atoms with E-state index in [9.17, 15) is 9.18 Å². The zero-order chi connectivity index (χ0) is 14.7. The number of Topliss-reactive ketones (excluding diaryl/α,β-unsaturated/α-hetero) is 1. The number of hydrogen-bond acceptors (Lipinski definition) is 2. The topological polar surface area (TPSA) is 26.3 Å². The lowest BCUT2D eigenvalue weighted by Gasteiger charge is -2.08. The molecule has 0 aliphatic heterocycles. The van der Waals surface area contributed by atoms with Crippen molar-refractivity contribution in [2.75, 3.05) is 6.61 Å². The molecule has 0 aliphatic rings. The molecule has 3 rings (SSSR count). The fourth-order valence-corrected chi connectivity index (χ4v) is 2.18. The summed E-state index contributed by atoms with van der Waals surface area (Å²) < 4.78 is 19.4. The molecule has 0 atom stereocenters. The summed E-state index contributed by atoms with van der Waals surface area (Å²) in [5.41, 5.74) is 0.582. The van der Waals surface area contributed by atoms with Crippen molar-refractivity contribution in [3.8, 4) is 5.75 Å². The molecule has 0 heterocycles. The van der Waals surface area contributed by atoms with Gasteiger partial charge in [0.05, 0.1) is 0 Å². The maximum atomic E-state index is 13.9. The largest absolute Gasteiger partial charge is 0.485 e. The maximum absolute atomic E-state index is 13.9. The Morgan fingerprint density at radius 1 is 0.952 bits per heavy atom. The smallest absolute Gasteiger partial charge is 0.200 e. The summed E-state index contributed by atoms with van der Waals surface area (Å²) in [5.74, 6) is -0.130. The molecule has 3 aromatic carbocycles. The number of rotatable bonds is 4. The van der Waals surface area contributed by atoms with Gasteiger partial charge >= 0.3 is 0 Å². The van der Waals surface area contributed by atoms with Crippen LogP contribution >= 0.6 is 0 Å². The highest BCUT2D eigenvalue weighted by Gasteiger charge is 2.08. The van der Waals surface area contributed by atoms with E-state index >= 15 is 0 Å². The standard InChI is InChI=1S/C18H13FO2/c19-17-11-15(10-14-8-4-5-9-16(14)17)21-12-18(20)13-6-2-1-3-7-13/h1-11H,12H2. The van der Waals surface area contributed by atoms with Gasteiger partial charge in [0.15, 0.2) is 12.4 Å². The second kappa shape index (κ2) is 5.75. The Labute approximate surface area is 121 Å². The van der Waals surface area contributed by atoms with E-state index < -0.39 is 0 Å². The Kier molecular flexibility index (Phi) is 3.65. The van der Waals surface area contributed by atoms with Crippen molar-refractivity contribution in [1.29, 1.82) is 0 Å². The first-order valence-electron chi connectivity index (χ1n) is 6.63.